The molecular weight excluding hydrogens is 254 g/mol. The first-order chi connectivity index (χ1) is 9.58. The van der Waals surface area contributed by atoms with E-state index in [1.807, 2.05) is 12.1 Å². The van der Waals surface area contributed by atoms with E-state index in [0.29, 0.717) is 11.5 Å². The molecule has 4 heteroatoms. The number of hydrogen-bond acceptors (Lipinski definition) is 3. The molecular formula is C16H21NO3. The normalized spacial score (nSPS) is 17.4. The standard InChI is InChI=1S/C16H21NO3/c1-11(15(17)18)20-16(19)14-9-7-13(8-10-14)12-5-3-2-4-6-12/h7-12H,2-6H2,1H3,(H2,17,18)/t11-/m1/s1. The molecule has 1 fully saturated rings. The number of esters is 1. The minimum Gasteiger partial charge on any atom is -0.449 e. The quantitative estimate of drug-likeness (QED) is 0.859. The zero-order valence-corrected chi connectivity index (χ0v) is 11.8. The molecule has 0 aliphatic heterocycles. The van der Waals surface area contributed by atoms with Crippen molar-refractivity contribution in [3.63, 3.8) is 0 Å². The van der Waals surface area contributed by atoms with Crippen LogP contribution in [-0.2, 0) is 9.53 Å². The number of amides is 1. The van der Waals surface area contributed by atoms with Crippen molar-refractivity contribution in [1.82, 2.24) is 0 Å². The molecule has 2 rings (SSSR count). The van der Waals surface area contributed by atoms with Crippen LogP contribution in [0.3, 0.4) is 0 Å². The predicted molar refractivity (Wildman–Crippen MR) is 76.3 cm³/mol. The summed E-state index contributed by atoms with van der Waals surface area (Å²) in [5.41, 5.74) is 6.81. The van der Waals surface area contributed by atoms with E-state index in [1.165, 1.54) is 44.6 Å². The number of benzene rings is 1. The summed E-state index contributed by atoms with van der Waals surface area (Å²) in [7, 11) is 0. The summed E-state index contributed by atoms with van der Waals surface area (Å²) in [5.74, 6) is -0.540. The van der Waals surface area contributed by atoms with Crippen molar-refractivity contribution < 1.29 is 14.3 Å². The van der Waals surface area contributed by atoms with Crippen molar-refractivity contribution in [2.24, 2.45) is 5.73 Å². The predicted octanol–water partition coefficient (Wildman–Crippen LogP) is 2.76. The lowest BCUT2D eigenvalue weighted by Crippen LogP contribution is -2.30. The molecule has 20 heavy (non-hydrogen) atoms. The molecule has 0 spiro atoms. The first-order valence-electron chi connectivity index (χ1n) is 7.18. The SMILES string of the molecule is C[C@@H](OC(=O)c1ccc(C2CCCCC2)cc1)C(N)=O. The van der Waals surface area contributed by atoms with Gasteiger partial charge in [0.15, 0.2) is 6.10 Å². The molecule has 1 amide bonds. The fraction of sp³-hybridized carbons (Fsp3) is 0.500. The Hall–Kier alpha value is -1.84. The smallest absolute Gasteiger partial charge is 0.338 e. The number of carbonyl (C=O) groups is 2. The molecule has 1 saturated carbocycles. The third-order valence-corrected chi connectivity index (χ3v) is 3.91. The van der Waals surface area contributed by atoms with E-state index in [4.69, 9.17) is 10.5 Å². The van der Waals surface area contributed by atoms with Gasteiger partial charge < -0.3 is 10.5 Å². The van der Waals surface area contributed by atoms with E-state index < -0.39 is 18.0 Å². The van der Waals surface area contributed by atoms with Crippen molar-refractivity contribution in [2.75, 3.05) is 0 Å². The molecule has 0 bridgehead atoms. The van der Waals surface area contributed by atoms with Gasteiger partial charge in [0.05, 0.1) is 5.56 Å². The van der Waals surface area contributed by atoms with Crippen molar-refractivity contribution in [2.45, 2.75) is 51.0 Å². The molecule has 1 atom stereocenters. The van der Waals surface area contributed by atoms with Crippen molar-refractivity contribution in [3.8, 4) is 0 Å². The van der Waals surface area contributed by atoms with Crippen LogP contribution in [0.4, 0.5) is 0 Å². The van der Waals surface area contributed by atoms with Crippen LogP contribution in [0, 0.1) is 0 Å². The molecule has 0 aromatic heterocycles. The molecule has 0 radical (unpaired) electrons. The lowest BCUT2D eigenvalue weighted by molar-refractivity contribution is -0.125. The summed E-state index contributed by atoms with van der Waals surface area (Å²) in [6, 6.07) is 7.50. The Morgan fingerprint density at radius 3 is 2.30 bits per heavy atom. The molecule has 0 unspecified atom stereocenters. The van der Waals surface area contributed by atoms with Crippen LogP contribution in [0.1, 0.15) is 60.9 Å². The van der Waals surface area contributed by atoms with Crippen molar-refractivity contribution in [1.29, 1.82) is 0 Å². The fourth-order valence-corrected chi connectivity index (χ4v) is 2.61. The Labute approximate surface area is 119 Å². The van der Waals surface area contributed by atoms with Crippen molar-refractivity contribution >= 4 is 11.9 Å². The van der Waals surface area contributed by atoms with Crippen LogP contribution in [0.15, 0.2) is 24.3 Å². The summed E-state index contributed by atoms with van der Waals surface area (Å²) >= 11 is 0. The third-order valence-electron chi connectivity index (χ3n) is 3.91. The molecule has 108 valence electrons. The van der Waals surface area contributed by atoms with E-state index in [0.717, 1.165) is 0 Å². The van der Waals surface area contributed by atoms with E-state index in [9.17, 15) is 9.59 Å². The van der Waals surface area contributed by atoms with Gasteiger partial charge in [-0.05, 0) is 43.4 Å². The second kappa shape index (κ2) is 6.55. The summed E-state index contributed by atoms with van der Waals surface area (Å²) in [6.07, 6.45) is 5.44. The van der Waals surface area contributed by atoms with Gasteiger partial charge in [-0.1, -0.05) is 31.4 Å². The van der Waals surface area contributed by atoms with Crippen LogP contribution in [0.2, 0.25) is 0 Å². The molecule has 4 nitrogen and oxygen atoms in total. The van der Waals surface area contributed by atoms with Crippen LogP contribution >= 0.6 is 0 Å². The van der Waals surface area contributed by atoms with Crippen molar-refractivity contribution in [3.05, 3.63) is 35.4 Å². The highest BCUT2D eigenvalue weighted by atomic mass is 16.5. The van der Waals surface area contributed by atoms with E-state index in [1.54, 1.807) is 12.1 Å². The monoisotopic (exact) mass is 275 g/mol. The van der Waals surface area contributed by atoms with Gasteiger partial charge in [0.25, 0.3) is 5.91 Å². The maximum Gasteiger partial charge on any atom is 0.338 e. The van der Waals surface area contributed by atoms with Crippen LogP contribution < -0.4 is 5.73 Å². The largest absolute Gasteiger partial charge is 0.449 e. The number of nitrogens with two attached hydrogens (primary N) is 1. The maximum atomic E-state index is 11.8. The van der Waals surface area contributed by atoms with Gasteiger partial charge in [-0.3, -0.25) is 4.79 Å². The van der Waals surface area contributed by atoms with E-state index in [2.05, 4.69) is 0 Å². The van der Waals surface area contributed by atoms with Gasteiger partial charge in [-0.25, -0.2) is 4.79 Å². The van der Waals surface area contributed by atoms with Gasteiger partial charge in [0.1, 0.15) is 0 Å². The molecule has 0 saturated heterocycles. The average Bonchev–Trinajstić information content (AvgIpc) is 2.48. The highest BCUT2D eigenvalue weighted by molar-refractivity contribution is 5.91. The molecule has 1 aliphatic rings. The first kappa shape index (κ1) is 14.6. The number of primary amides is 1. The molecule has 0 heterocycles. The van der Waals surface area contributed by atoms with Crippen LogP contribution in [-0.4, -0.2) is 18.0 Å². The third kappa shape index (κ3) is 3.59. The van der Waals surface area contributed by atoms with Gasteiger partial charge in [-0.15, -0.1) is 0 Å². The Morgan fingerprint density at radius 1 is 1.15 bits per heavy atom. The lowest BCUT2D eigenvalue weighted by atomic mass is 9.84. The molecule has 2 N–H and O–H groups in total. The van der Waals surface area contributed by atoms with Gasteiger partial charge in [0.2, 0.25) is 0 Å². The van der Waals surface area contributed by atoms with Gasteiger partial charge in [0, 0.05) is 0 Å². The van der Waals surface area contributed by atoms with E-state index in [-0.39, 0.29) is 0 Å². The topological polar surface area (TPSA) is 69.4 Å². The Balaban J connectivity index is 2.00. The Bertz CT molecular complexity index is 475. The summed E-state index contributed by atoms with van der Waals surface area (Å²) < 4.78 is 4.97. The maximum absolute atomic E-state index is 11.8. The van der Waals surface area contributed by atoms with Gasteiger partial charge >= 0.3 is 5.97 Å². The van der Waals surface area contributed by atoms with E-state index >= 15 is 0 Å². The number of rotatable bonds is 4. The average molecular weight is 275 g/mol. The highest BCUT2D eigenvalue weighted by Crippen LogP contribution is 2.32. The van der Waals surface area contributed by atoms with Crippen LogP contribution in [0.25, 0.3) is 0 Å². The number of hydrogen-bond donors (Lipinski definition) is 1. The number of carbonyl (C=O) groups excluding carboxylic acids is 2. The molecule has 1 aromatic carbocycles. The molecule has 1 aromatic rings. The summed E-state index contributed by atoms with van der Waals surface area (Å²) in [4.78, 5) is 22.7. The van der Waals surface area contributed by atoms with Gasteiger partial charge in [-0.2, -0.15) is 0 Å². The zero-order chi connectivity index (χ0) is 14.5. The first-order valence-corrected chi connectivity index (χ1v) is 7.18. The summed E-state index contributed by atoms with van der Waals surface area (Å²) in [5, 5.41) is 0. The highest BCUT2D eigenvalue weighted by Gasteiger charge is 2.18. The Morgan fingerprint density at radius 2 is 1.75 bits per heavy atom. The second-order valence-electron chi connectivity index (χ2n) is 5.41. The second-order valence-corrected chi connectivity index (χ2v) is 5.41. The minimum atomic E-state index is -0.902. The minimum absolute atomic E-state index is 0.456. The molecule has 1 aliphatic carbocycles. The Kier molecular flexibility index (Phi) is 4.77. The fourth-order valence-electron chi connectivity index (χ4n) is 2.61. The van der Waals surface area contributed by atoms with Crippen LogP contribution in [0.5, 0.6) is 0 Å². The number of ether oxygens (including phenoxy) is 1. The lowest BCUT2D eigenvalue weighted by Gasteiger charge is -2.22. The zero-order valence-electron chi connectivity index (χ0n) is 11.8. The summed E-state index contributed by atoms with van der Waals surface area (Å²) in [6.45, 7) is 1.47.